The van der Waals surface area contributed by atoms with Crippen LogP contribution in [0.25, 0.3) is 0 Å². The van der Waals surface area contributed by atoms with Crippen LogP contribution in [-0.4, -0.2) is 25.2 Å². The fraction of sp³-hybridized carbons (Fsp3) is 0.933. The summed E-state index contributed by atoms with van der Waals surface area (Å²) in [6, 6.07) is 0. The van der Waals surface area contributed by atoms with Crippen LogP contribution >= 0.6 is 0 Å². The average Bonchev–Trinajstić information content (AvgIpc) is 2.51. The smallest absolute Gasteiger partial charge is 0.230 e. The number of likely N-dealkylation sites (tertiary alicyclic amines) is 1. The summed E-state index contributed by atoms with van der Waals surface area (Å²) in [4.78, 5) is 14.2. The van der Waals surface area contributed by atoms with E-state index in [4.69, 9.17) is 0 Å². The molecule has 0 unspecified atom stereocenters. The van der Waals surface area contributed by atoms with Gasteiger partial charge in [-0.05, 0) is 37.5 Å². The number of carbonyl (C=O) groups excluding carboxylic acids is 1. The van der Waals surface area contributed by atoms with E-state index >= 15 is 0 Å². The minimum atomic E-state index is -0.136. The summed E-state index contributed by atoms with van der Waals surface area (Å²) in [6.45, 7) is 9.30. The van der Waals surface area contributed by atoms with E-state index < -0.39 is 0 Å². The molecule has 102 valence electrons. The lowest BCUT2D eigenvalue weighted by Crippen LogP contribution is -3.19. The lowest BCUT2D eigenvalue weighted by molar-refractivity contribution is -0.937. The predicted octanol–water partition coefficient (Wildman–Crippen LogP) is 0.954. The van der Waals surface area contributed by atoms with Crippen molar-refractivity contribution in [3.05, 3.63) is 0 Å². The number of quaternary nitrogens is 1. The number of piperidine rings is 2. The summed E-state index contributed by atoms with van der Waals surface area (Å²) in [6.07, 6.45) is 6.69. The van der Waals surface area contributed by atoms with E-state index in [2.05, 4.69) is 26.1 Å². The van der Waals surface area contributed by atoms with Gasteiger partial charge >= 0.3 is 0 Å². The molecule has 18 heavy (non-hydrogen) atoms. The van der Waals surface area contributed by atoms with Crippen LogP contribution in [0.2, 0.25) is 0 Å². The maximum Gasteiger partial charge on any atom is 0.230 e. The third-order valence-corrected chi connectivity index (χ3v) is 6.43. The Labute approximate surface area is 110 Å². The van der Waals surface area contributed by atoms with Gasteiger partial charge in [0.2, 0.25) is 5.91 Å². The summed E-state index contributed by atoms with van der Waals surface area (Å²) in [7, 11) is 0. The van der Waals surface area contributed by atoms with Gasteiger partial charge in [-0.15, -0.1) is 0 Å². The number of hydrogen-bond donors (Lipinski definition) is 2. The molecule has 0 aromatic carbocycles. The normalized spacial score (nSPS) is 43.8. The van der Waals surface area contributed by atoms with Crippen LogP contribution in [0.1, 0.15) is 52.9 Å². The van der Waals surface area contributed by atoms with Crippen LogP contribution in [0.4, 0.5) is 0 Å². The van der Waals surface area contributed by atoms with E-state index in [1.807, 2.05) is 0 Å². The Kier molecular flexibility index (Phi) is 2.74. The molecule has 1 saturated carbocycles. The highest BCUT2D eigenvalue weighted by atomic mass is 16.2. The molecule has 3 aliphatic rings. The van der Waals surface area contributed by atoms with Crippen molar-refractivity contribution in [1.29, 1.82) is 0 Å². The van der Waals surface area contributed by atoms with Gasteiger partial charge in [-0.2, -0.15) is 0 Å². The second-order valence-corrected chi connectivity index (χ2v) is 7.37. The standard InChI is InChI=1S/C15H26N2O/c1-14(2)11-7-8-15(14,3)13(18)16-12(11)17-9-5-4-6-10-17/h11-12H,4-10H2,1-3H3,(H,16,18)/p+1/t11-,12+,15+/m0/s1. The molecule has 0 aromatic heterocycles. The third kappa shape index (κ3) is 1.49. The van der Waals surface area contributed by atoms with Crippen molar-refractivity contribution in [1.82, 2.24) is 5.32 Å². The molecule has 3 rings (SSSR count). The zero-order valence-corrected chi connectivity index (χ0v) is 12.0. The van der Waals surface area contributed by atoms with Crippen molar-refractivity contribution >= 4 is 5.91 Å². The number of nitrogens with one attached hydrogen (secondary N) is 2. The van der Waals surface area contributed by atoms with Gasteiger partial charge in [-0.1, -0.05) is 20.8 Å². The van der Waals surface area contributed by atoms with Crippen LogP contribution < -0.4 is 10.2 Å². The third-order valence-electron chi connectivity index (χ3n) is 6.43. The number of fused-ring (bicyclic) bond motifs is 2. The molecule has 3 atom stereocenters. The highest BCUT2D eigenvalue weighted by Crippen LogP contribution is 2.58. The van der Waals surface area contributed by atoms with Crippen molar-refractivity contribution in [2.75, 3.05) is 13.1 Å². The molecule has 2 heterocycles. The molecule has 2 saturated heterocycles. The quantitative estimate of drug-likeness (QED) is 0.715. The maximum absolute atomic E-state index is 12.5. The lowest BCUT2D eigenvalue weighted by atomic mass is 9.62. The molecule has 3 fully saturated rings. The van der Waals surface area contributed by atoms with Gasteiger partial charge in [-0.25, -0.2) is 0 Å². The minimum absolute atomic E-state index is 0.136. The highest BCUT2D eigenvalue weighted by molar-refractivity contribution is 5.85. The number of hydrogen-bond acceptors (Lipinski definition) is 1. The summed E-state index contributed by atoms with van der Waals surface area (Å²) in [5, 5.41) is 3.37. The number of rotatable bonds is 1. The van der Waals surface area contributed by atoms with Gasteiger partial charge in [0.1, 0.15) is 0 Å². The Morgan fingerprint density at radius 1 is 1.17 bits per heavy atom. The first-order valence-electron chi connectivity index (χ1n) is 7.62. The van der Waals surface area contributed by atoms with Crippen LogP contribution in [-0.2, 0) is 4.79 Å². The highest BCUT2D eigenvalue weighted by Gasteiger charge is 2.63. The largest absolute Gasteiger partial charge is 0.315 e. The lowest BCUT2D eigenvalue weighted by Gasteiger charge is -2.49. The van der Waals surface area contributed by atoms with Crippen LogP contribution in [0.5, 0.6) is 0 Å². The molecular formula is C15H27N2O+. The second-order valence-electron chi connectivity index (χ2n) is 7.37. The SMILES string of the molecule is CC1(C)[C@H]2CC[C@]1(C)C(=O)N[C@@H]2[NH+]1CCCCC1. The molecule has 0 aromatic rings. The molecule has 3 nitrogen and oxygen atoms in total. The van der Waals surface area contributed by atoms with Gasteiger partial charge in [0, 0.05) is 5.92 Å². The van der Waals surface area contributed by atoms with Crippen molar-refractivity contribution in [3.8, 4) is 0 Å². The number of amides is 1. The molecule has 1 aliphatic carbocycles. The summed E-state index contributed by atoms with van der Waals surface area (Å²) >= 11 is 0. The number of carbonyl (C=O) groups is 1. The Morgan fingerprint density at radius 2 is 1.83 bits per heavy atom. The Bertz CT molecular complexity index is 360. The fourth-order valence-electron chi connectivity index (χ4n) is 4.63. The van der Waals surface area contributed by atoms with E-state index in [1.165, 1.54) is 38.8 Å². The molecule has 2 aliphatic heterocycles. The Balaban J connectivity index is 1.88. The van der Waals surface area contributed by atoms with Crippen LogP contribution in [0, 0.1) is 16.7 Å². The topological polar surface area (TPSA) is 33.5 Å². The van der Waals surface area contributed by atoms with Gasteiger partial charge in [0.25, 0.3) is 0 Å². The van der Waals surface area contributed by atoms with Gasteiger partial charge in [-0.3, -0.25) is 4.79 Å². The van der Waals surface area contributed by atoms with Gasteiger partial charge < -0.3 is 10.2 Å². The molecule has 2 bridgehead atoms. The van der Waals surface area contributed by atoms with Crippen LogP contribution in [0.3, 0.4) is 0 Å². The minimum Gasteiger partial charge on any atom is -0.315 e. The summed E-state index contributed by atoms with van der Waals surface area (Å²) < 4.78 is 0. The molecule has 0 radical (unpaired) electrons. The van der Waals surface area contributed by atoms with Crippen LogP contribution in [0.15, 0.2) is 0 Å². The van der Waals surface area contributed by atoms with Crippen molar-refractivity contribution in [2.45, 2.75) is 59.0 Å². The van der Waals surface area contributed by atoms with E-state index in [-0.39, 0.29) is 10.8 Å². The average molecular weight is 251 g/mol. The molecule has 0 spiro atoms. The van der Waals surface area contributed by atoms with Crippen molar-refractivity contribution < 1.29 is 9.69 Å². The van der Waals surface area contributed by atoms with Crippen molar-refractivity contribution in [2.24, 2.45) is 16.7 Å². The predicted molar refractivity (Wildman–Crippen MR) is 71.1 cm³/mol. The first-order chi connectivity index (χ1) is 8.47. The fourth-order valence-corrected chi connectivity index (χ4v) is 4.63. The first kappa shape index (κ1) is 12.5. The Morgan fingerprint density at radius 3 is 2.50 bits per heavy atom. The Hall–Kier alpha value is -0.570. The second kappa shape index (κ2) is 3.96. The summed E-state index contributed by atoms with van der Waals surface area (Å²) in [5.41, 5.74) is 0.0217. The zero-order valence-electron chi connectivity index (χ0n) is 12.0. The summed E-state index contributed by atoms with van der Waals surface area (Å²) in [5.74, 6) is 0.970. The van der Waals surface area contributed by atoms with E-state index in [0.717, 1.165) is 6.42 Å². The maximum atomic E-state index is 12.5. The first-order valence-corrected chi connectivity index (χ1v) is 7.62. The van der Waals surface area contributed by atoms with Crippen molar-refractivity contribution in [3.63, 3.8) is 0 Å². The van der Waals surface area contributed by atoms with E-state index in [0.29, 0.717) is 18.0 Å². The molecule has 2 N–H and O–H groups in total. The van der Waals surface area contributed by atoms with Gasteiger partial charge in [0.05, 0.1) is 18.5 Å². The monoisotopic (exact) mass is 251 g/mol. The molecule has 1 amide bonds. The van der Waals surface area contributed by atoms with E-state index in [9.17, 15) is 4.79 Å². The van der Waals surface area contributed by atoms with E-state index in [1.54, 1.807) is 4.90 Å². The van der Waals surface area contributed by atoms with Gasteiger partial charge in [0.15, 0.2) is 6.17 Å². The molecule has 3 heteroatoms. The molecular weight excluding hydrogens is 224 g/mol. The zero-order chi connectivity index (χ0) is 13.0.